The second kappa shape index (κ2) is 9.28. The van der Waals surface area contributed by atoms with Crippen molar-refractivity contribution in [1.29, 1.82) is 0 Å². The Hall–Kier alpha value is -4.19. The number of hydrogen-bond donors (Lipinski definition) is 0. The van der Waals surface area contributed by atoms with Crippen LogP contribution in [0.4, 0.5) is 23.2 Å². The molecule has 38 heavy (non-hydrogen) atoms. The number of aromatic nitrogens is 3. The van der Waals surface area contributed by atoms with E-state index in [1.54, 1.807) is 24.0 Å². The molecular weight excluding hydrogens is 520 g/mol. The van der Waals surface area contributed by atoms with Gasteiger partial charge in [-0.2, -0.15) is 0 Å². The second-order valence-electron chi connectivity index (χ2n) is 8.63. The van der Waals surface area contributed by atoms with Crippen molar-refractivity contribution >= 4 is 28.8 Å². The van der Waals surface area contributed by atoms with Gasteiger partial charge in [0.1, 0.15) is 29.5 Å². The van der Waals surface area contributed by atoms with E-state index in [1.165, 1.54) is 41.3 Å². The van der Waals surface area contributed by atoms with E-state index in [1.807, 2.05) is 42.3 Å². The van der Waals surface area contributed by atoms with Gasteiger partial charge in [-0.05, 0) is 48.9 Å². The van der Waals surface area contributed by atoms with Gasteiger partial charge in [-0.3, -0.25) is 0 Å². The molecule has 0 saturated carbocycles. The predicted molar refractivity (Wildman–Crippen MR) is 135 cm³/mol. The van der Waals surface area contributed by atoms with Crippen LogP contribution in [0.25, 0.3) is 17.1 Å². The third kappa shape index (κ3) is 4.62. The topological polar surface area (TPSA) is 58.5 Å². The van der Waals surface area contributed by atoms with Gasteiger partial charge >= 0.3 is 11.5 Å². The number of nitrogens with zero attached hydrogens (tertiary/aromatic N) is 6. The Morgan fingerprint density at radius 3 is 2.53 bits per heavy atom. The summed E-state index contributed by atoms with van der Waals surface area (Å²) in [6.07, 6.45) is -1.48. The lowest BCUT2D eigenvalue weighted by Gasteiger charge is -2.32. The minimum atomic E-state index is -4.74. The van der Waals surface area contributed by atoms with E-state index in [0.717, 1.165) is 33.4 Å². The first-order valence-corrected chi connectivity index (χ1v) is 12.5. The van der Waals surface area contributed by atoms with Crippen LogP contribution in [-0.2, 0) is 0 Å². The van der Waals surface area contributed by atoms with E-state index in [9.17, 15) is 17.6 Å². The minimum Gasteiger partial charge on any atom is -0.406 e. The van der Waals surface area contributed by atoms with E-state index >= 15 is 0 Å². The van der Waals surface area contributed by atoms with Crippen LogP contribution in [0.2, 0.25) is 0 Å². The first-order valence-electron chi connectivity index (χ1n) is 11.5. The van der Waals surface area contributed by atoms with Crippen LogP contribution in [0, 0.1) is 5.82 Å². The van der Waals surface area contributed by atoms with Crippen molar-refractivity contribution < 1.29 is 26.9 Å². The molecule has 7 nitrogen and oxygen atoms in total. The maximum Gasteiger partial charge on any atom is 0.573 e. The highest BCUT2D eigenvalue weighted by molar-refractivity contribution is 8.14. The van der Waals surface area contributed by atoms with Crippen LogP contribution in [-0.4, -0.2) is 48.0 Å². The number of fused-ring (bicyclic) bond motifs is 2. The number of alkyl halides is 3. The van der Waals surface area contributed by atoms with Gasteiger partial charge in [0.15, 0.2) is 11.9 Å². The third-order valence-electron chi connectivity index (χ3n) is 6.18. The van der Waals surface area contributed by atoms with Crippen molar-refractivity contribution in [3.05, 3.63) is 90.0 Å². The largest absolute Gasteiger partial charge is 0.573 e. The molecule has 0 saturated heterocycles. The Balaban J connectivity index is 1.16. The summed E-state index contributed by atoms with van der Waals surface area (Å²) in [5, 5.41) is 12.1. The molecule has 0 bridgehead atoms. The van der Waals surface area contributed by atoms with Crippen LogP contribution < -0.4 is 4.74 Å². The highest BCUT2D eigenvalue weighted by atomic mass is 32.2. The molecule has 0 spiro atoms. The van der Waals surface area contributed by atoms with Gasteiger partial charge < -0.3 is 4.74 Å². The highest BCUT2D eigenvalue weighted by Crippen LogP contribution is 2.42. The molecule has 3 aromatic carbocycles. The van der Waals surface area contributed by atoms with Crippen molar-refractivity contribution in [2.75, 3.05) is 5.88 Å². The summed E-state index contributed by atoms with van der Waals surface area (Å²) in [6, 6.07) is 17.7. The summed E-state index contributed by atoms with van der Waals surface area (Å²) in [5.74, 6) is 0.661. The minimum absolute atomic E-state index is 0.0394. The molecule has 3 heterocycles. The third-order valence-corrected chi connectivity index (χ3v) is 7.23. The van der Waals surface area contributed by atoms with Crippen LogP contribution in [0.5, 0.6) is 5.75 Å². The highest BCUT2D eigenvalue weighted by Gasteiger charge is 2.44. The lowest BCUT2D eigenvalue weighted by atomic mass is 10.0. The Morgan fingerprint density at radius 2 is 1.84 bits per heavy atom. The zero-order chi connectivity index (χ0) is 26.4. The van der Waals surface area contributed by atoms with Gasteiger partial charge in [0.05, 0.1) is 11.9 Å². The average molecular weight is 540 g/mol. The first-order chi connectivity index (χ1) is 18.2. The van der Waals surface area contributed by atoms with Crippen molar-refractivity contribution in [1.82, 2.24) is 19.8 Å². The molecule has 4 aromatic rings. The van der Waals surface area contributed by atoms with Gasteiger partial charge in [0.25, 0.3) is 0 Å². The Bertz CT molecular complexity index is 1560. The van der Waals surface area contributed by atoms with Crippen molar-refractivity contribution in [2.24, 2.45) is 5.10 Å². The Labute approximate surface area is 218 Å². The average Bonchev–Trinajstić information content (AvgIpc) is 3.35. The molecule has 12 heteroatoms. The van der Waals surface area contributed by atoms with Crippen LogP contribution >= 0.6 is 11.8 Å². The second-order valence-corrected chi connectivity index (χ2v) is 9.54. The van der Waals surface area contributed by atoms with E-state index < -0.39 is 6.36 Å². The maximum atomic E-state index is 13.8. The number of benzene rings is 3. The summed E-state index contributed by atoms with van der Waals surface area (Å²) in [4.78, 5) is 4.32. The molecule has 0 amide bonds. The van der Waals surface area contributed by atoms with Gasteiger partial charge in [-0.15, -0.1) is 23.3 Å². The molecular formula is C26H19F4N6OS+. The summed E-state index contributed by atoms with van der Waals surface area (Å²) < 4.78 is 58.3. The Morgan fingerprint density at radius 1 is 1.08 bits per heavy atom. The molecule has 1 aromatic heterocycles. The van der Waals surface area contributed by atoms with E-state index in [0.29, 0.717) is 11.5 Å². The SMILES string of the molecule is CC1c2ccc(F)cc2[N+]2=C(SC2)N1N=Cc1ccc(-c2ncn(-c3ccc(OC(F)(F)F)cc3)n2)cc1. The standard InChI is InChI=1S/C26H19F4N6OS/c1-16-22-11-6-19(27)12-23(22)34-15-38-25(34)36(16)32-13-17-2-4-18(5-3-17)24-31-14-35(33-24)20-7-9-21(10-8-20)37-26(28,29)30/h2-14,16H,15H2,1H3/q+1. The summed E-state index contributed by atoms with van der Waals surface area (Å²) >= 11 is 1.67. The van der Waals surface area contributed by atoms with Gasteiger partial charge in [-0.25, -0.2) is 18.6 Å². The zero-order valence-corrected chi connectivity index (χ0v) is 20.6. The van der Waals surface area contributed by atoms with Crippen molar-refractivity contribution in [3.8, 4) is 22.8 Å². The van der Waals surface area contributed by atoms with E-state index in [-0.39, 0.29) is 17.6 Å². The van der Waals surface area contributed by atoms with Gasteiger partial charge in [-0.1, -0.05) is 29.4 Å². The first kappa shape index (κ1) is 24.2. The van der Waals surface area contributed by atoms with E-state index in [2.05, 4.69) is 19.4 Å². The Kier molecular flexibility index (Phi) is 5.90. The molecule has 0 radical (unpaired) electrons. The summed E-state index contributed by atoms with van der Waals surface area (Å²) in [7, 11) is 0. The fourth-order valence-corrected chi connectivity index (χ4v) is 5.22. The van der Waals surface area contributed by atoms with Crippen LogP contribution in [0.3, 0.4) is 0 Å². The van der Waals surface area contributed by atoms with Crippen molar-refractivity contribution in [2.45, 2.75) is 19.3 Å². The van der Waals surface area contributed by atoms with Crippen LogP contribution in [0.15, 0.2) is 78.2 Å². The lowest BCUT2D eigenvalue weighted by Crippen LogP contribution is -2.43. The maximum absolute atomic E-state index is 13.8. The molecule has 0 aliphatic carbocycles. The molecule has 2 aliphatic rings. The van der Waals surface area contributed by atoms with Crippen LogP contribution in [0.1, 0.15) is 24.1 Å². The van der Waals surface area contributed by atoms with Crippen molar-refractivity contribution in [3.63, 3.8) is 0 Å². The lowest BCUT2D eigenvalue weighted by molar-refractivity contribution is -0.434. The number of ether oxygens (including phenoxy) is 1. The smallest absolute Gasteiger partial charge is 0.406 e. The van der Waals surface area contributed by atoms with Gasteiger partial charge in [0.2, 0.25) is 0 Å². The molecule has 1 atom stereocenters. The molecule has 0 fully saturated rings. The normalized spacial score (nSPS) is 16.9. The van der Waals surface area contributed by atoms with E-state index in [4.69, 9.17) is 5.10 Å². The number of thioether (sulfide) groups is 1. The summed E-state index contributed by atoms with van der Waals surface area (Å²) in [5.41, 5.74) is 4.10. The molecule has 1 unspecified atom stereocenters. The summed E-state index contributed by atoms with van der Waals surface area (Å²) in [6.45, 7) is 2.04. The number of rotatable bonds is 5. The monoisotopic (exact) mass is 539 g/mol. The number of amidine groups is 1. The quantitative estimate of drug-likeness (QED) is 0.175. The fourth-order valence-electron chi connectivity index (χ4n) is 4.27. The molecule has 192 valence electrons. The number of hydrogen-bond acceptors (Lipinski definition) is 6. The zero-order valence-electron chi connectivity index (χ0n) is 19.8. The number of halogens is 4. The molecule has 0 N–H and O–H groups in total. The fraction of sp³-hybridized carbons (Fsp3) is 0.154. The predicted octanol–water partition coefficient (Wildman–Crippen LogP) is 6.09. The van der Waals surface area contributed by atoms with Gasteiger partial charge in [0, 0.05) is 29.0 Å². The molecule has 6 rings (SSSR count). The number of hydrazone groups is 1. The molecule has 2 aliphatic heterocycles.